The molecule has 1 aliphatic rings. The van der Waals surface area contributed by atoms with Gasteiger partial charge in [0.1, 0.15) is 0 Å². The van der Waals surface area contributed by atoms with E-state index in [2.05, 4.69) is 34.6 Å². The van der Waals surface area contributed by atoms with E-state index in [1.165, 1.54) is 25.7 Å². The molecule has 0 aromatic rings. The Labute approximate surface area is 89.2 Å². The van der Waals surface area contributed by atoms with Crippen molar-refractivity contribution >= 4 is 0 Å². The third-order valence-electron chi connectivity index (χ3n) is 3.06. The molecule has 1 atom stereocenters. The SMILES string of the molecule is CC1(C)CCCC(COC(C)(C)C)C1. The molecule has 0 saturated heterocycles. The normalized spacial score (nSPS) is 27.6. The zero-order chi connectivity index (χ0) is 10.8. The lowest BCUT2D eigenvalue weighted by Gasteiger charge is -2.36. The molecule has 0 radical (unpaired) electrons. The van der Waals surface area contributed by atoms with E-state index in [9.17, 15) is 0 Å². The minimum absolute atomic E-state index is 0.0294. The van der Waals surface area contributed by atoms with Gasteiger partial charge in [-0.1, -0.05) is 20.3 Å². The van der Waals surface area contributed by atoms with Gasteiger partial charge in [0.2, 0.25) is 0 Å². The van der Waals surface area contributed by atoms with Crippen LogP contribution in [0.15, 0.2) is 0 Å². The van der Waals surface area contributed by atoms with Crippen molar-refractivity contribution in [1.82, 2.24) is 0 Å². The summed E-state index contributed by atoms with van der Waals surface area (Å²) in [6.45, 7) is 12.1. The molecule has 0 heterocycles. The molecule has 0 spiro atoms. The molecule has 0 aromatic heterocycles. The summed E-state index contributed by atoms with van der Waals surface area (Å²) in [4.78, 5) is 0. The fourth-order valence-corrected chi connectivity index (χ4v) is 2.36. The van der Waals surface area contributed by atoms with Gasteiger partial charge in [0.25, 0.3) is 0 Å². The second-order valence-corrected chi connectivity index (χ2v) is 6.55. The van der Waals surface area contributed by atoms with Crippen molar-refractivity contribution in [2.24, 2.45) is 11.3 Å². The molecular formula is C13H26O. The quantitative estimate of drug-likeness (QED) is 0.651. The van der Waals surface area contributed by atoms with E-state index < -0.39 is 0 Å². The van der Waals surface area contributed by atoms with E-state index in [1.54, 1.807) is 0 Å². The maximum atomic E-state index is 5.86. The average Bonchev–Trinajstić information content (AvgIpc) is 1.98. The van der Waals surface area contributed by atoms with Crippen LogP contribution in [0.25, 0.3) is 0 Å². The smallest absolute Gasteiger partial charge is 0.0598 e. The van der Waals surface area contributed by atoms with Crippen molar-refractivity contribution in [1.29, 1.82) is 0 Å². The van der Waals surface area contributed by atoms with Gasteiger partial charge in [-0.2, -0.15) is 0 Å². The first-order chi connectivity index (χ1) is 6.29. The van der Waals surface area contributed by atoms with Crippen LogP contribution in [0.1, 0.15) is 60.3 Å². The van der Waals surface area contributed by atoms with Crippen LogP contribution in [0.2, 0.25) is 0 Å². The minimum atomic E-state index is 0.0294. The zero-order valence-electron chi connectivity index (χ0n) is 10.5. The van der Waals surface area contributed by atoms with Crippen molar-refractivity contribution in [3.63, 3.8) is 0 Å². The first kappa shape index (κ1) is 12.0. The fourth-order valence-electron chi connectivity index (χ4n) is 2.36. The van der Waals surface area contributed by atoms with E-state index >= 15 is 0 Å². The summed E-state index contributed by atoms with van der Waals surface area (Å²) in [6, 6.07) is 0. The Hall–Kier alpha value is -0.0400. The number of rotatable bonds is 2. The molecule has 0 N–H and O–H groups in total. The summed E-state index contributed by atoms with van der Waals surface area (Å²) < 4.78 is 5.86. The van der Waals surface area contributed by atoms with E-state index in [-0.39, 0.29) is 5.60 Å². The predicted octanol–water partition coefficient (Wildman–Crippen LogP) is 4.02. The van der Waals surface area contributed by atoms with E-state index in [4.69, 9.17) is 4.74 Å². The summed E-state index contributed by atoms with van der Waals surface area (Å²) in [5.74, 6) is 0.790. The second kappa shape index (κ2) is 4.22. The maximum absolute atomic E-state index is 5.86. The number of hydrogen-bond acceptors (Lipinski definition) is 1. The van der Waals surface area contributed by atoms with Crippen molar-refractivity contribution in [2.45, 2.75) is 65.9 Å². The highest BCUT2D eigenvalue weighted by molar-refractivity contribution is 4.79. The summed E-state index contributed by atoms with van der Waals surface area (Å²) in [5.41, 5.74) is 0.575. The number of hydrogen-bond donors (Lipinski definition) is 0. The first-order valence-electron chi connectivity index (χ1n) is 5.92. The molecular weight excluding hydrogens is 172 g/mol. The Kier molecular flexibility index (Phi) is 3.63. The van der Waals surface area contributed by atoms with Gasteiger partial charge in [0, 0.05) is 0 Å². The Balaban J connectivity index is 2.32. The second-order valence-electron chi connectivity index (χ2n) is 6.55. The van der Waals surface area contributed by atoms with Crippen LogP contribution in [-0.2, 0) is 4.74 Å². The third-order valence-corrected chi connectivity index (χ3v) is 3.06. The van der Waals surface area contributed by atoms with Crippen LogP contribution in [0.4, 0.5) is 0 Å². The summed E-state index contributed by atoms with van der Waals surface area (Å²) in [6.07, 6.45) is 5.47. The highest BCUT2D eigenvalue weighted by Gasteiger charge is 2.28. The molecule has 1 saturated carbocycles. The minimum Gasteiger partial charge on any atom is -0.376 e. The monoisotopic (exact) mass is 198 g/mol. The Bertz CT molecular complexity index is 176. The Morgan fingerprint density at radius 2 is 1.93 bits per heavy atom. The van der Waals surface area contributed by atoms with E-state index in [1.807, 2.05) is 0 Å². The van der Waals surface area contributed by atoms with Crippen LogP contribution < -0.4 is 0 Å². The molecule has 84 valence electrons. The Morgan fingerprint density at radius 3 is 2.43 bits per heavy atom. The van der Waals surface area contributed by atoms with Gasteiger partial charge in [0.15, 0.2) is 0 Å². The molecule has 1 aliphatic carbocycles. The lowest BCUT2D eigenvalue weighted by atomic mass is 9.72. The van der Waals surface area contributed by atoms with Gasteiger partial charge in [-0.25, -0.2) is 0 Å². The molecule has 1 fully saturated rings. The van der Waals surface area contributed by atoms with Crippen LogP contribution in [-0.4, -0.2) is 12.2 Å². The lowest BCUT2D eigenvalue weighted by Crippen LogP contribution is -2.29. The molecule has 0 aromatic carbocycles. The van der Waals surface area contributed by atoms with Gasteiger partial charge in [0.05, 0.1) is 12.2 Å². The molecule has 0 aliphatic heterocycles. The van der Waals surface area contributed by atoms with Gasteiger partial charge in [-0.3, -0.25) is 0 Å². The van der Waals surface area contributed by atoms with E-state index in [0.717, 1.165) is 12.5 Å². The summed E-state index contributed by atoms with van der Waals surface area (Å²) in [7, 11) is 0. The van der Waals surface area contributed by atoms with Gasteiger partial charge in [-0.05, 0) is 51.4 Å². The molecule has 1 rings (SSSR count). The lowest BCUT2D eigenvalue weighted by molar-refractivity contribution is -0.0369. The summed E-state index contributed by atoms with van der Waals surface area (Å²) >= 11 is 0. The zero-order valence-corrected chi connectivity index (χ0v) is 10.5. The maximum Gasteiger partial charge on any atom is 0.0598 e. The molecule has 0 bridgehead atoms. The summed E-state index contributed by atoms with van der Waals surface area (Å²) in [5, 5.41) is 0. The van der Waals surface area contributed by atoms with Crippen LogP contribution in [0.3, 0.4) is 0 Å². The Morgan fingerprint density at radius 1 is 1.29 bits per heavy atom. The van der Waals surface area contributed by atoms with E-state index in [0.29, 0.717) is 5.41 Å². The first-order valence-corrected chi connectivity index (χ1v) is 5.92. The molecule has 0 amide bonds. The van der Waals surface area contributed by atoms with Crippen LogP contribution in [0, 0.1) is 11.3 Å². The van der Waals surface area contributed by atoms with Gasteiger partial charge >= 0.3 is 0 Å². The van der Waals surface area contributed by atoms with Crippen molar-refractivity contribution in [3.05, 3.63) is 0 Å². The molecule has 1 unspecified atom stereocenters. The topological polar surface area (TPSA) is 9.23 Å². The largest absolute Gasteiger partial charge is 0.376 e. The molecule has 1 nitrogen and oxygen atoms in total. The molecule has 14 heavy (non-hydrogen) atoms. The fraction of sp³-hybridized carbons (Fsp3) is 1.00. The number of ether oxygens (including phenoxy) is 1. The average molecular weight is 198 g/mol. The van der Waals surface area contributed by atoms with Gasteiger partial charge in [-0.15, -0.1) is 0 Å². The van der Waals surface area contributed by atoms with Crippen molar-refractivity contribution in [2.75, 3.05) is 6.61 Å². The van der Waals surface area contributed by atoms with Crippen LogP contribution in [0.5, 0.6) is 0 Å². The van der Waals surface area contributed by atoms with Gasteiger partial charge < -0.3 is 4.74 Å². The van der Waals surface area contributed by atoms with Crippen molar-refractivity contribution in [3.8, 4) is 0 Å². The third kappa shape index (κ3) is 4.45. The molecule has 1 heteroatoms. The standard InChI is InChI=1S/C13H26O/c1-12(2,3)14-10-11-7-6-8-13(4,5)9-11/h11H,6-10H2,1-5H3. The highest BCUT2D eigenvalue weighted by Crippen LogP contribution is 2.38. The van der Waals surface area contributed by atoms with Crippen LogP contribution >= 0.6 is 0 Å². The predicted molar refractivity (Wildman–Crippen MR) is 61.4 cm³/mol. The van der Waals surface area contributed by atoms with Crippen molar-refractivity contribution < 1.29 is 4.74 Å². The highest BCUT2D eigenvalue weighted by atomic mass is 16.5.